The van der Waals surface area contributed by atoms with Crippen LogP contribution in [0.15, 0.2) is 18.2 Å². The molecule has 1 aromatic carbocycles. The molecule has 0 saturated carbocycles. The fourth-order valence-electron chi connectivity index (χ4n) is 3.27. The Morgan fingerprint density at radius 1 is 1.39 bits per heavy atom. The number of carbonyl (C=O) groups excluding carboxylic acids is 1. The Labute approximate surface area is 135 Å². The molecule has 0 aliphatic carbocycles. The summed E-state index contributed by atoms with van der Waals surface area (Å²) in [5, 5.41) is 6.16. The van der Waals surface area contributed by atoms with Gasteiger partial charge < -0.3 is 9.88 Å². The molecule has 1 fully saturated rings. The second kappa shape index (κ2) is 5.65. The number of hydrogen-bond donors (Lipinski definition) is 2. The maximum absolute atomic E-state index is 12.8. The molecular formula is C16H21N3O3S. The lowest BCUT2D eigenvalue weighted by Crippen LogP contribution is -2.41. The van der Waals surface area contributed by atoms with Crippen molar-refractivity contribution in [3.05, 3.63) is 35.0 Å². The highest BCUT2D eigenvalue weighted by Gasteiger charge is 2.32. The molecule has 1 saturated heterocycles. The van der Waals surface area contributed by atoms with Crippen molar-refractivity contribution < 1.29 is 13.2 Å². The number of hydrogen-bond acceptors (Lipinski definition) is 3. The molecule has 3 rings (SSSR count). The average molecular weight is 335 g/mol. The standard InChI is InChI=1S/C16H21N3O3S/c1-10-5-6-14-13(11(10)2)8-15(18-14)16(20)19-7-3-4-12(19)9-23(17,21)22/h5-6,8,12,18H,3-4,7,9H2,1-2H3,(H2,17,21,22). The number of H-pyrrole nitrogens is 1. The van der Waals surface area contributed by atoms with E-state index in [1.807, 2.05) is 32.0 Å². The summed E-state index contributed by atoms with van der Waals surface area (Å²) in [5.41, 5.74) is 3.72. The van der Waals surface area contributed by atoms with E-state index in [0.29, 0.717) is 18.7 Å². The van der Waals surface area contributed by atoms with Crippen LogP contribution < -0.4 is 5.14 Å². The molecule has 6 nitrogen and oxygen atoms in total. The van der Waals surface area contributed by atoms with Crippen LogP contribution in [0.2, 0.25) is 0 Å². The van der Waals surface area contributed by atoms with Crippen molar-refractivity contribution in [3.8, 4) is 0 Å². The number of nitrogens with one attached hydrogen (secondary N) is 1. The Kier molecular flexibility index (Phi) is 3.93. The second-order valence-corrected chi connectivity index (χ2v) is 7.93. The largest absolute Gasteiger partial charge is 0.351 e. The summed E-state index contributed by atoms with van der Waals surface area (Å²) in [6.07, 6.45) is 1.46. The van der Waals surface area contributed by atoms with Gasteiger partial charge in [-0.15, -0.1) is 0 Å². The van der Waals surface area contributed by atoms with Gasteiger partial charge >= 0.3 is 0 Å². The van der Waals surface area contributed by atoms with Crippen molar-refractivity contribution in [2.45, 2.75) is 32.7 Å². The summed E-state index contributed by atoms with van der Waals surface area (Å²) < 4.78 is 22.7. The minimum Gasteiger partial charge on any atom is -0.351 e. The third-order valence-electron chi connectivity index (χ3n) is 4.64. The number of amides is 1. The molecule has 0 spiro atoms. The highest BCUT2D eigenvalue weighted by Crippen LogP contribution is 2.25. The zero-order valence-electron chi connectivity index (χ0n) is 13.3. The smallest absolute Gasteiger partial charge is 0.270 e. The van der Waals surface area contributed by atoms with Crippen molar-refractivity contribution in [1.29, 1.82) is 0 Å². The molecule has 1 amide bonds. The van der Waals surface area contributed by atoms with Gasteiger partial charge in [-0.25, -0.2) is 13.6 Å². The van der Waals surface area contributed by atoms with Crippen LogP contribution in [0.3, 0.4) is 0 Å². The van der Waals surface area contributed by atoms with Crippen LogP contribution in [0.4, 0.5) is 0 Å². The summed E-state index contributed by atoms with van der Waals surface area (Å²) in [7, 11) is -3.60. The molecule has 1 aromatic heterocycles. The molecule has 0 bridgehead atoms. The fraction of sp³-hybridized carbons (Fsp3) is 0.438. The van der Waals surface area contributed by atoms with E-state index in [0.717, 1.165) is 22.9 Å². The third-order valence-corrected chi connectivity index (χ3v) is 5.49. The highest BCUT2D eigenvalue weighted by molar-refractivity contribution is 7.89. The first kappa shape index (κ1) is 16.0. The molecule has 2 heterocycles. The minimum atomic E-state index is -3.60. The summed E-state index contributed by atoms with van der Waals surface area (Å²) in [4.78, 5) is 17.5. The van der Waals surface area contributed by atoms with Gasteiger partial charge in [-0.2, -0.15) is 0 Å². The molecule has 0 radical (unpaired) electrons. The van der Waals surface area contributed by atoms with Crippen LogP contribution >= 0.6 is 0 Å². The van der Waals surface area contributed by atoms with Crippen LogP contribution in [-0.2, 0) is 10.0 Å². The van der Waals surface area contributed by atoms with Gasteiger partial charge in [0, 0.05) is 23.5 Å². The van der Waals surface area contributed by atoms with Gasteiger partial charge in [0.1, 0.15) is 5.69 Å². The van der Waals surface area contributed by atoms with E-state index in [1.54, 1.807) is 4.90 Å². The number of benzene rings is 1. The lowest BCUT2D eigenvalue weighted by molar-refractivity contribution is 0.0744. The molecule has 3 N–H and O–H groups in total. The number of sulfonamides is 1. The number of aromatic amines is 1. The Morgan fingerprint density at radius 2 is 2.13 bits per heavy atom. The first-order valence-corrected chi connectivity index (χ1v) is 9.38. The highest BCUT2D eigenvalue weighted by atomic mass is 32.2. The quantitative estimate of drug-likeness (QED) is 0.893. The van der Waals surface area contributed by atoms with Gasteiger partial charge in [-0.3, -0.25) is 4.79 Å². The Hall–Kier alpha value is -1.86. The Morgan fingerprint density at radius 3 is 2.83 bits per heavy atom. The van der Waals surface area contributed by atoms with E-state index >= 15 is 0 Å². The second-order valence-electron chi connectivity index (χ2n) is 6.28. The Balaban J connectivity index is 1.92. The molecule has 124 valence electrons. The number of aryl methyl sites for hydroxylation is 2. The van der Waals surface area contributed by atoms with Crippen molar-refractivity contribution in [1.82, 2.24) is 9.88 Å². The number of rotatable bonds is 3. The van der Waals surface area contributed by atoms with Gasteiger partial charge in [0.2, 0.25) is 10.0 Å². The van der Waals surface area contributed by atoms with Gasteiger partial charge in [0.05, 0.1) is 5.75 Å². The fourth-order valence-corrected chi connectivity index (χ4v) is 4.16. The first-order valence-electron chi connectivity index (χ1n) is 7.66. The molecule has 1 aliphatic heterocycles. The zero-order chi connectivity index (χ0) is 16.8. The van der Waals surface area contributed by atoms with E-state index < -0.39 is 10.0 Å². The molecule has 1 unspecified atom stereocenters. The lowest BCUT2D eigenvalue weighted by Gasteiger charge is -2.23. The number of primary sulfonamides is 1. The summed E-state index contributed by atoms with van der Waals surface area (Å²) in [6, 6.07) is 5.49. The van der Waals surface area contributed by atoms with E-state index in [2.05, 4.69) is 4.98 Å². The van der Waals surface area contributed by atoms with Crippen LogP contribution in [0.25, 0.3) is 10.9 Å². The number of nitrogens with two attached hydrogens (primary N) is 1. The van der Waals surface area contributed by atoms with E-state index in [4.69, 9.17) is 5.14 Å². The normalized spacial score (nSPS) is 18.7. The first-order chi connectivity index (χ1) is 10.8. The monoisotopic (exact) mass is 335 g/mol. The number of nitrogens with zero attached hydrogens (tertiary/aromatic N) is 1. The van der Waals surface area contributed by atoms with Gasteiger partial charge in [0.25, 0.3) is 5.91 Å². The predicted octanol–water partition coefficient (Wildman–Crippen LogP) is 1.68. The van der Waals surface area contributed by atoms with Gasteiger partial charge in [-0.05, 0) is 49.9 Å². The third kappa shape index (κ3) is 3.11. The van der Waals surface area contributed by atoms with Crippen LogP contribution in [-0.4, -0.2) is 42.5 Å². The van der Waals surface area contributed by atoms with E-state index in [-0.39, 0.29) is 17.7 Å². The van der Waals surface area contributed by atoms with E-state index in [1.165, 1.54) is 5.56 Å². The number of aromatic nitrogens is 1. The maximum atomic E-state index is 12.8. The average Bonchev–Trinajstić information content (AvgIpc) is 3.07. The van der Waals surface area contributed by atoms with Gasteiger partial charge in [-0.1, -0.05) is 6.07 Å². The number of carbonyl (C=O) groups is 1. The van der Waals surface area contributed by atoms with Crippen LogP contribution in [0.5, 0.6) is 0 Å². The topological polar surface area (TPSA) is 96.3 Å². The van der Waals surface area contributed by atoms with Gasteiger partial charge in [0.15, 0.2) is 0 Å². The van der Waals surface area contributed by atoms with Crippen LogP contribution in [0, 0.1) is 13.8 Å². The SMILES string of the molecule is Cc1ccc2[nH]c(C(=O)N3CCCC3CS(N)(=O)=O)cc2c1C. The predicted molar refractivity (Wildman–Crippen MR) is 89.8 cm³/mol. The maximum Gasteiger partial charge on any atom is 0.270 e. The lowest BCUT2D eigenvalue weighted by atomic mass is 10.1. The molecule has 1 atom stereocenters. The molecule has 7 heteroatoms. The van der Waals surface area contributed by atoms with Crippen LogP contribution in [0.1, 0.15) is 34.5 Å². The summed E-state index contributed by atoms with van der Waals surface area (Å²) in [6.45, 7) is 4.62. The summed E-state index contributed by atoms with van der Waals surface area (Å²) >= 11 is 0. The zero-order valence-corrected chi connectivity index (χ0v) is 14.1. The molecule has 23 heavy (non-hydrogen) atoms. The van der Waals surface area contributed by atoms with Crippen molar-refractivity contribution in [2.24, 2.45) is 5.14 Å². The number of likely N-dealkylation sites (tertiary alicyclic amines) is 1. The van der Waals surface area contributed by atoms with Crippen molar-refractivity contribution in [3.63, 3.8) is 0 Å². The van der Waals surface area contributed by atoms with Crippen molar-refractivity contribution in [2.75, 3.05) is 12.3 Å². The summed E-state index contributed by atoms with van der Waals surface area (Å²) in [5.74, 6) is -0.346. The van der Waals surface area contributed by atoms with Crippen molar-refractivity contribution >= 4 is 26.8 Å². The minimum absolute atomic E-state index is 0.163. The molecular weight excluding hydrogens is 314 g/mol. The Bertz CT molecular complexity index is 870. The molecule has 2 aromatic rings. The van der Waals surface area contributed by atoms with E-state index in [9.17, 15) is 13.2 Å². The molecule has 1 aliphatic rings. The number of fused-ring (bicyclic) bond motifs is 1.